The first-order valence-electron chi connectivity index (χ1n) is 7.08. The van der Waals surface area contributed by atoms with E-state index in [4.69, 9.17) is 23.2 Å². The van der Waals surface area contributed by atoms with Gasteiger partial charge in [0.05, 0.1) is 15.6 Å². The van der Waals surface area contributed by atoms with Gasteiger partial charge in [-0.2, -0.15) is 0 Å². The van der Waals surface area contributed by atoms with Crippen LogP contribution in [0, 0.1) is 0 Å². The fraction of sp³-hybridized carbons (Fsp3) is 0.167. The number of aromatic nitrogens is 1. The van der Waals surface area contributed by atoms with Gasteiger partial charge in [0.2, 0.25) is 0 Å². The Hall–Kier alpha value is -1.61. The van der Waals surface area contributed by atoms with E-state index in [0.29, 0.717) is 10.0 Å². The molecular weight excluding hydrogens is 315 g/mol. The molecule has 3 aromatic rings. The molecule has 0 spiro atoms. The molecule has 2 aromatic carbocycles. The van der Waals surface area contributed by atoms with Gasteiger partial charge in [0, 0.05) is 24.7 Å². The predicted octanol–water partition coefficient (Wildman–Crippen LogP) is 5.17. The summed E-state index contributed by atoms with van der Waals surface area (Å²) in [6, 6.07) is 16.1. The number of pyridine rings is 1. The number of benzene rings is 2. The number of hydrogen-bond donors (Lipinski definition) is 0. The monoisotopic (exact) mass is 330 g/mol. The molecule has 0 aliphatic carbocycles. The summed E-state index contributed by atoms with van der Waals surface area (Å²) < 4.78 is 0. The van der Waals surface area contributed by atoms with Gasteiger partial charge in [-0.3, -0.25) is 9.88 Å². The summed E-state index contributed by atoms with van der Waals surface area (Å²) in [6.45, 7) is 1.63. The normalized spacial score (nSPS) is 11.3. The molecule has 2 nitrogen and oxygen atoms in total. The van der Waals surface area contributed by atoms with Crippen LogP contribution < -0.4 is 0 Å². The van der Waals surface area contributed by atoms with Crippen molar-refractivity contribution < 1.29 is 0 Å². The number of rotatable bonds is 4. The molecule has 3 rings (SSSR count). The first-order valence-corrected chi connectivity index (χ1v) is 7.84. The van der Waals surface area contributed by atoms with Gasteiger partial charge >= 0.3 is 0 Å². The Morgan fingerprint density at radius 1 is 0.955 bits per heavy atom. The number of nitrogens with zero attached hydrogens (tertiary/aromatic N) is 2. The van der Waals surface area contributed by atoms with Crippen molar-refractivity contribution in [3.63, 3.8) is 0 Å². The van der Waals surface area contributed by atoms with Crippen molar-refractivity contribution in [1.82, 2.24) is 9.88 Å². The van der Waals surface area contributed by atoms with E-state index >= 15 is 0 Å². The van der Waals surface area contributed by atoms with E-state index in [2.05, 4.69) is 41.2 Å². The zero-order valence-corrected chi connectivity index (χ0v) is 13.8. The van der Waals surface area contributed by atoms with Crippen LogP contribution in [0.1, 0.15) is 11.1 Å². The topological polar surface area (TPSA) is 16.1 Å². The molecule has 0 bridgehead atoms. The fourth-order valence-electron chi connectivity index (χ4n) is 2.59. The SMILES string of the molecule is CN(Cc1ccc(Cl)c(Cl)c1)Cc1cccc2cccnc12. The van der Waals surface area contributed by atoms with Gasteiger partial charge in [0.1, 0.15) is 0 Å². The highest BCUT2D eigenvalue weighted by Gasteiger charge is 2.07. The third-order valence-corrected chi connectivity index (χ3v) is 4.33. The van der Waals surface area contributed by atoms with E-state index in [9.17, 15) is 0 Å². The maximum Gasteiger partial charge on any atom is 0.0746 e. The molecular formula is C18H16Cl2N2. The molecule has 0 fully saturated rings. The van der Waals surface area contributed by atoms with Crippen LogP contribution >= 0.6 is 23.2 Å². The van der Waals surface area contributed by atoms with Crippen LogP contribution in [0.5, 0.6) is 0 Å². The maximum absolute atomic E-state index is 6.08. The summed E-state index contributed by atoms with van der Waals surface area (Å²) in [7, 11) is 2.09. The van der Waals surface area contributed by atoms with Crippen LogP contribution in [0.15, 0.2) is 54.7 Å². The lowest BCUT2D eigenvalue weighted by atomic mass is 10.1. The zero-order chi connectivity index (χ0) is 15.5. The zero-order valence-electron chi connectivity index (χ0n) is 12.3. The Kier molecular flexibility index (Phi) is 4.63. The minimum atomic E-state index is 0.589. The molecule has 22 heavy (non-hydrogen) atoms. The molecule has 0 unspecified atom stereocenters. The first-order chi connectivity index (χ1) is 10.6. The van der Waals surface area contributed by atoms with Gasteiger partial charge in [0.25, 0.3) is 0 Å². The molecule has 1 heterocycles. The van der Waals surface area contributed by atoms with E-state index in [0.717, 1.165) is 24.2 Å². The quantitative estimate of drug-likeness (QED) is 0.655. The molecule has 0 atom stereocenters. The second kappa shape index (κ2) is 6.66. The lowest BCUT2D eigenvalue weighted by Gasteiger charge is -2.18. The standard InChI is InChI=1S/C18H16Cl2N2/c1-22(11-13-7-8-16(19)17(20)10-13)12-15-5-2-4-14-6-3-9-21-18(14)15/h2-10H,11-12H2,1H3. The van der Waals surface area contributed by atoms with E-state index in [1.807, 2.05) is 30.5 Å². The highest BCUT2D eigenvalue weighted by Crippen LogP contribution is 2.24. The lowest BCUT2D eigenvalue weighted by molar-refractivity contribution is 0.320. The van der Waals surface area contributed by atoms with E-state index in [1.54, 1.807) is 0 Å². The first kappa shape index (κ1) is 15.3. The van der Waals surface area contributed by atoms with Gasteiger partial charge in [-0.1, -0.05) is 53.5 Å². The van der Waals surface area contributed by atoms with Crippen LogP contribution in [-0.2, 0) is 13.1 Å². The molecule has 1 aromatic heterocycles. The van der Waals surface area contributed by atoms with Gasteiger partial charge in [-0.25, -0.2) is 0 Å². The average molecular weight is 331 g/mol. The fourth-order valence-corrected chi connectivity index (χ4v) is 2.91. The summed E-state index contributed by atoms with van der Waals surface area (Å²) in [4.78, 5) is 6.74. The van der Waals surface area contributed by atoms with Gasteiger partial charge in [-0.15, -0.1) is 0 Å². The van der Waals surface area contributed by atoms with Crippen LogP contribution in [0.4, 0.5) is 0 Å². The molecule has 0 aliphatic rings. The van der Waals surface area contributed by atoms with E-state index in [-0.39, 0.29) is 0 Å². The molecule has 0 saturated heterocycles. The Morgan fingerprint density at radius 3 is 2.59 bits per heavy atom. The van der Waals surface area contributed by atoms with Crippen LogP contribution in [0.3, 0.4) is 0 Å². The van der Waals surface area contributed by atoms with Crippen molar-refractivity contribution >= 4 is 34.1 Å². The summed E-state index contributed by atoms with van der Waals surface area (Å²) in [5.74, 6) is 0. The number of para-hydroxylation sites is 1. The Labute approximate surface area is 140 Å². The van der Waals surface area contributed by atoms with Crippen molar-refractivity contribution in [3.05, 3.63) is 75.9 Å². The largest absolute Gasteiger partial charge is 0.298 e. The summed E-state index contributed by atoms with van der Waals surface area (Å²) in [6.07, 6.45) is 1.84. The van der Waals surface area contributed by atoms with Crippen LogP contribution in [-0.4, -0.2) is 16.9 Å². The molecule has 0 amide bonds. The van der Waals surface area contributed by atoms with Crippen molar-refractivity contribution in [2.24, 2.45) is 0 Å². The van der Waals surface area contributed by atoms with Gasteiger partial charge < -0.3 is 0 Å². The third kappa shape index (κ3) is 3.41. The van der Waals surface area contributed by atoms with Crippen LogP contribution in [0.25, 0.3) is 10.9 Å². The molecule has 0 saturated carbocycles. The van der Waals surface area contributed by atoms with E-state index in [1.165, 1.54) is 10.9 Å². The Morgan fingerprint density at radius 2 is 1.77 bits per heavy atom. The summed E-state index contributed by atoms with van der Waals surface area (Å²) >= 11 is 12.0. The van der Waals surface area contributed by atoms with E-state index < -0.39 is 0 Å². The van der Waals surface area contributed by atoms with Crippen molar-refractivity contribution in [3.8, 4) is 0 Å². The highest BCUT2D eigenvalue weighted by atomic mass is 35.5. The Balaban J connectivity index is 1.78. The second-order valence-electron chi connectivity index (χ2n) is 5.41. The predicted molar refractivity (Wildman–Crippen MR) is 93.4 cm³/mol. The third-order valence-electron chi connectivity index (χ3n) is 3.59. The number of hydrogen-bond acceptors (Lipinski definition) is 2. The summed E-state index contributed by atoms with van der Waals surface area (Å²) in [5, 5.41) is 2.36. The van der Waals surface area contributed by atoms with Crippen LogP contribution in [0.2, 0.25) is 10.0 Å². The minimum Gasteiger partial charge on any atom is -0.298 e. The van der Waals surface area contributed by atoms with Gasteiger partial charge in [-0.05, 0) is 36.4 Å². The maximum atomic E-state index is 6.08. The lowest BCUT2D eigenvalue weighted by Crippen LogP contribution is -2.17. The minimum absolute atomic E-state index is 0.589. The van der Waals surface area contributed by atoms with Gasteiger partial charge in [0.15, 0.2) is 0 Å². The second-order valence-corrected chi connectivity index (χ2v) is 6.23. The molecule has 112 valence electrons. The number of fused-ring (bicyclic) bond motifs is 1. The molecule has 0 radical (unpaired) electrons. The summed E-state index contributed by atoms with van der Waals surface area (Å²) in [5.41, 5.74) is 3.43. The number of halogens is 2. The molecule has 4 heteroatoms. The molecule has 0 N–H and O–H groups in total. The Bertz CT molecular complexity index is 797. The highest BCUT2D eigenvalue weighted by molar-refractivity contribution is 6.42. The van der Waals surface area contributed by atoms with Crippen molar-refractivity contribution in [2.45, 2.75) is 13.1 Å². The molecule has 0 aliphatic heterocycles. The average Bonchev–Trinajstić information content (AvgIpc) is 2.51. The smallest absolute Gasteiger partial charge is 0.0746 e. The van der Waals surface area contributed by atoms with Crippen molar-refractivity contribution in [1.29, 1.82) is 0 Å². The van der Waals surface area contributed by atoms with Crippen molar-refractivity contribution in [2.75, 3.05) is 7.05 Å².